The number of ether oxygens (including phenoxy) is 1. The SMILES string of the molecule is NC(=S)CN1C(=O)C(c2ccccc2)Oc2ccc([N+](=O)[O-])nc21. The number of hydrogen-bond acceptors (Lipinski definition) is 6. The summed E-state index contributed by atoms with van der Waals surface area (Å²) >= 11 is 4.88. The molecule has 24 heavy (non-hydrogen) atoms. The first-order valence-corrected chi connectivity index (χ1v) is 7.35. The van der Waals surface area contributed by atoms with Gasteiger partial charge < -0.3 is 20.6 Å². The number of carbonyl (C=O) groups excluding carboxylic acids is 1. The Bertz CT molecular complexity index is 827. The third-order valence-electron chi connectivity index (χ3n) is 3.42. The molecule has 1 atom stereocenters. The summed E-state index contributed by atoms with van der Waals surface area (Å²) in [7, 11) is 0. The van der Waals surface area contributed by atoms with Crippen LogP contribution in [0.4, 0.5) is 11.6 Å². The molecule has 2 heterocycles. The van der Waals surface area contributed by atoms with Gasteiger partial charge in [0.15, 0.2) is 5.75 Å². The van der Waals surface area contributed by atoms with Gasteiger partial charge in [0.05, 0.1) is 11.5 Å². The third-order valence-corrected chi connectivity index (χ3v) is 3.55. The van der Waals surface area contributed by atoms with Crippen LogP contribution in [0.2, 0.25) is 0 Å². The van der Waals surface area contributed by atoms with Crippen LogP contribution in [0, 0.1) is 10.1 Å². The van der Waals surface area contributed by atoms with E-state index in [1.54, 1.807) is 24.3 Å². The van der Waals surface area contributed by atoms with E-state index in [4.69, 9.17) is 22.7 Å². The van der Waals surface area contributed by atoms with Crippen molar-refractivity contribution in [3.8, 4) is 5.75 Å². The standard InChI is InChI=1S/C15H12N4O4S/c16-11(24)8-18-14-10(6-7-12(17-14)19(21)22)23-13(15(18)20)9-4-2-1-3-5-9/h1-7,13H,8H2,(H2,16,24). The minimum Gasteiger partial charge on any atom is -0.469 e. The number of amides is 1. The number of benzene rings is 1. The van der Waals surface area contributed by atoms with Gasteiger partial charge in [0, 0.05) is 11.6 Å². The molecule has 0 saturated heterocycles. The van der Waals surface area contributed by atoms with Crippen LogP contribution in [0.1, 0.15) is 11.7 Å². The maximum atomic E-state index is 12.8. The van der Waals surface area contributed by atoms with Crippen LogP contribution in [0.5, 0.6) is 5.75 Å². The molecule has 3 rings (SSSR count). The van der Waals surface area contributed by atoms with Crippen LogP contribution in [0.3, 0.4) is 0 Å². The first-order chi connectivity index (χ1) is 11.5. The van der Waals surface area contributed by atoms with Crippen molar-refractivity contribution >= 4 is 34.7 Å². The van der Waals surface area contributed by atoms with Crippen molar-refractivity contribution in [1.29, 1.82) is 0 Å². The third kappa shape index (κ3) is 2.88. The van der Waals surface area contributed by atoms with E-state index in [2.05, 4.69) is 4.98 Å². The predicted molar refractivity (Wildman–Crippen MR) is 89.8 cm³/mol. The fourth-order valence-corrected chi connectivity index (χ4v) is 2.51. The van der Waals surface area contributed by atoms with Crippen LogP contribution in [-0.4, -0.2) is 27.3 Å². The Morgan fingerprint density at radius 3 is 2.67 bits per heavy atom. The number of pyridine rings is 1. The average molecular weight is 344 g/mol. The molecule has 1 aromatic heterocycles. The van der Waals surface area contributed by atoms with Gasteiger partial charge in [-0.3, -0.25) is 9.69 Å². The van der Waals surface area contributed by atoms with E-state index in [1.807, 2.05) is 6.07 Å². The first kappa shape index (κ1) is 15.8. The normalized spacial score (nSPS) is 16.2. The molecule has 2 N–H and O–H groups in total. The minimum absolute atomic E-state index is 0.0363. The van der Waals surface area contributed by atoms with Crippen molar-refractivity contribution in [3.63, 3.8) is 0 Å². The number of rotatable bonds is 4. The Kier molecular flexibility index (Phi) is 4.09. The van der Waals surface area contributed by atoms with Gasteiger partial charge in [0.1, 0.15) is 0 Å². The summed E-state index contributed by atoms with van der Waals surface area (Å²) in [5.41, 5.74) is 6.21. The number of aromatic nitrogens is 1. The highest BCUT2D eigenvalue weighted by molar-refractivity contribution is 7.80. The van der Waals surface area contributed by atoms with E-state index in [1.165, 1.54) is 17.0 Å². The lowest BCUT2D eigenvalue weighted by molar-refractivity contribution is -0.389. The number of nitro groups is 1. The molecule has 0 fully saturated rings. The van der Waals surface area contributed by atoms with Crippen molar-refractivity contribution in [3.05, 3.63) is 58.1 Å². The van der Waals surface area contributed by atoms with Crippen molar-refractivity contribution < 1.29 is 14.5 Å². The smallest absolute Gasteiger partial charge is 0.366 e. The zero-order chi connectivity index (χ0) is 17.3. The van der Waals surface area contributed by atoms with Crippen LogP contribution in [0.25, 0.3) is 0 Å². The molecule has 0 saturated carbocycles. The fraction of sp³-hybridized carbons (Fsp3) is 0.133. The zero-order valence-electron chi connectivity index (χ0n) is 12.3. The van der Waals surface area contributed by atoms with E-state index >= 15 is 0 Å². The summed E-state index contributed by atoms with van der Waals surface area (Å²) in [4.78, 5) is 28.2. The molecule has 1 aliphatic rings. The fourth-order valence-electron chi connectivity index (χ4n) is 2.38. The first-order valence-electron chi connectivity index (χ1n) is 6.94. The maximum Gasteiger partial charge on any atom is 0.366 e. The van der Waals surface area contributed by atoms with Gasteiger partial charge >= 0.3 is 5.82 Å². The van der Waals surface area contributed by atoms with Crippen molar-refractivity contribution in [2.75, 3.05) is 11.4 Å². The lowest BCUT2D eigenvalue weighted by Gasteiger charge is -2.31. The minimum atomic E-state index is -0.892. The molecule has 8 nitrogen and oxygen atoms in total. The Labute approximate surface area is 142 Å². The molecular weight excluding hydrogens is 332 g/mol. The topological polar surface area (TPSA) is 112 Å². The Morgan fingerprint density at radius 1 is 1.33 bits per heavy atom. The van der Waals surface area contributed by atoms with Gasteiger partial charge in [-0.2, -0.15) is 0 Å². The number of fused-ring (bicyclic) bond motifs is 1. The summed E-state index contributed by atoms with van der Waals surface area (Å²) in [5, 5.41) is 10.9. The molecule has 1 aromatic carbocycles. The van der Waals surface area contributed by atoms with Gasteiger partial charge in [0.2, 0.25) is 6.10 Å². The van der Waals surface area contributed by atoms with E-state index in [0.29, 0.717) is 5.56 Å². The number of nitrogens with two attached hydrogens (primary N) is 1. The number of hydrogen-bond donors (Lipinski definition) is 1. The Hall–Kier alpha value is -3.07. The molecule has 1 aliphatic heterocycles. The summed E-state index contributed by atoms with van der Waals surface area (Å²) < 4.78 is 5.72. The Morgan fingerprint density at radius 2 is 2.04 bits per heavy atom. The molecule has 1 amide bonds. The highest BCUT2D eigenvalue weighted by Gasteiger charge is 2.39. The molecular formula is C15H12N4O4S. The maximum absolute atomic E-state index is 12.8. The van der Waals surface area contributed by atoms with Crippen LogP contribution in [0.15, 0.2) is 42.5 Å². The second-order valence-corrected chi connectivity index (χ2v) is 5.57. The van der Waals surface area contributed by atoms with E-state index in [-0.39, 0.29) is 23.1 Å². The molecule has 0 radical (unpaired) electrons. The molecule has 1 unspecified atom stereocenters. The molecule has 9 heteroatoms. The van der Waals surface area contributed by atoms with Gasteiger partial charge in [-0.25, -0.2) is 0 Å². The summed E-state index contributed by atoms with van der Waals surface area (Å²) in [6.45, 7) is -0.0813. The predicted octanol–water partition coefficient (Wildman–Crippen LogP) is 1.74. The van der Waals surface area contributed by atoms with Crippen LogP contribution in [-0.2, 0) is 4.79 Å². The number of carbonyl (C=O) groups is 1. The monoisotopic (exact) mass is 344 g/mol. The summed E-state index contributed by atoms with van der Waals surface area (Å²) in [6, 6.07) is 11.5. The van der Waals surface area contributed by atoms with E-state index < -0.39 is 22.8 Å². The molecule has 0 aliphatic carbocycles. The number of thiocarbonyl (C=S) groups is 1. The largest absolute Gasteiger partial charge is 0.469 e. The summed E-state index contributed by atoms with van der Waals surface area (Å²) in [6.07, 6.45) is -0.892. The van der Waals surface area contributed by atoms with E-state index in [9.17, 15) is 14.9 Å². The number of nitrogens with zero attached hydrogens (tertiary/aromatic N) is 3. The Balaban J connectivity index is 2.08. The van der Waals surface area contributed by atoms with Gasteiger partial charge in [-0.05, 0) is 16.0 Å². The zero-order valence-corrected chi connectivity index (χ0v) is 13.1. The average Bonchev–Trinajstić information content (AvgIpc) is 2.57. The van der Waals surface area contributed by atoms with Crippen LogP contribution >= 0.6 is 12.2 Å². The highest BCUT2D eigenvalue weighted by Crippen LogP contribution is 2.38. The van der Waals surface area contributed by atoms with Crippen molar-refractivity contribution in [2.45, 2.75) is 6.10 Å². The van der Waals surface area contributed by atoms with Gasteiger partial charge in [-0.1, -0.05) is 42.5 Å². The number of anilines is 1. The second-order valence-electron chi connectivity index (χ2n) is 5.05. The van der Waals surface area contributed by atoms with Crippen molar-refractivity contribution in [2.24, 2.45) is 5.73 Å². The molecule has 0 bridgehead atoms. The second kappa shape index (κ2) is 6.20. The highest BCUT2D eigenvalue weighted by atomic mass is 32.1. The van der Waals surface area contributed by atoms with Gasteiger partial charge in [-0.15, -0.1) is 0 Å². The molecule has 2 aromatic rings. The molecule has 122 valence electrons. The lowest BCUT2D eigenvalue weighted by Crippen LogP contribution is -2.45. The lowest BCUT2D eigenvalue weighted by atomic mass is 10.1. The van der Waals surface area contributed by atoms with Crippen LogP contribution < -0.4 is 15.4 Å². The quantitative estimate of drug-likeness (QED) is 0.511. The molecule has 0 spiro atoms. The van der Waals surface area contributed by atoms with Crippen molar-refractivity contribution in [1.82, 2.24) is 4.98 Å². The van der Waals surface area contributed by atoms with E-state index in [0.717, 1.165) is 0 Å². The van der Waals surface area contributed by atoms with Gasteiger partial charge in [0.25, 0.3) is 11.7 Å². The summed E-state index contributed by atoms with van der Waals surface area (Å²) in [5.74, 6) is -0.537.